The van der Waals surface area contributed by atoms with Crippen LogP contribution >= 0.6 is 19.2 Å². The number of hydrogen-bond donors (Lipinski definition) is 3. The van der Waals surface area contributed by atoms with E-state index in [1.807, 2.05) is 30.3 Å². The molecule has 8 nitrogen and oxygen atoms in total. The average Bonchev–Trinajstić information content (AvgIpc) is 3.31. The molecule has 3 aromatic rings. The molecule has 0 fully saturated rings. The van der Waals surface area contributed by atoms with Crippen LogP contribution in [0.25, 0.3) is 10.4 Å². The fourth-order valence-corrected chi connectivity index (χ4v) is 4.52. The van der Waals surface area contributed by atoms with Gasteiger partial charge in [0.1, 0.15) is 17.4 Å². The van der Waals surface area contributed by atoms with Crippen molar-refractivity contribution in [3.63, 3.8) is 0 Å². The first-order valence-electron chi connectivity index (χ1n) is 10.8. The molecule has 0 bridgehead atoms. The monoisotopic (exact) mass is 546 g/mol. The molecule has 3 rings (SSSR count). The fourth-order valence-electron chi connectivity index (χ4n) is 3.13. The first-order chi connectivity index (χ1) is 16.9. The van der Waals surface area contributed by atoms with Crippen LogP contribution in [0.3, 0.4) is 0 Å². The molecule has 0 saturated carbocycles. The number of thiazole rings is 1. The van der Waals surface area contributed by atoms with Crippen LogP contribution < -0.4 is 10.5 Å². The zero-order chi connectivity index (χ0) is 26.4. The highest BCUT2D eigenvalue weighted by Gasteiger charge is 2.35. The summed E-state index contributed by atoms with van der Waals surface area (Å²) in [6.45, 7) is 1.43. The maximum atomic E-state index is 13.7. The van der Waals surface area contributed by atoms with E-state index in [9.17, 15) is 17.7 Å². The number of hydrogen-bond acceptors (Lipinski definition) is 7. The topological polar surface area (TPSA) is 124 Å². The van der Waals surface area contributed by atoms with Crippen molar-refractivity contribution in [2.75, 3.05) is 26.4 Å². The van der Waals surface area contributed by atoms with Gasteiger partial charge in [0.05, 0.1) is 35.8 Å². The van der Waals surface area contributed by atoms with E-state index in [4.69, 9.17) is 25.0 Å². The minimum Gasteiger partial charge on any atom is -0.491 e. The minimum absolute atomic E-state index is 0.0486. The predicted molar refractivity (Wildman–Crippen MR) is 129 cm³/mol. The highest BCUT2D eigenvalue weighted by Crippen LogP contribution is 2.41. The molecule has 0 aliphatic carbocycles. The minimum atomic E-state index is -4.75. The summed E-state index contributed by atoms with van der Waals surface area (Å²) in [4.78, 5) is 22.3. The van der Waals surface area contributed by atoms with Gasteiger partial charge in [-0.05, 0) is 42.7 Å². The van der Waals surface area contributed by atoms with Gasteiger partial charge in [-0.15, -0.1) is 11.3 Å². The second-order valence-corrected chi connectivity index (χ2v) is 10.4. The SMILES string of the molecule is C[C@](N)(COP(=O)(O)O)c1ncc(-c2ccc(OCCOCCc3ccccc3)c(C(F)(F)F)c2)s1. The van der Waals surface area contributed by atoms with Crippen LogP contribution in [0.4, 0.5) is 13.2 Å². The summed E-state index contributed by atoms with van der Waals surface area (Å²) < 4.78 is 67.5. The number of ether oxygens (including phenoxy) is 2. The zero-order valence-electron chi connectivity index (χ0n) is 19.3. The van der Waals surface area contributed by atoms with Crippen molar-refractivity contribution in [2.24, 2.45) is 5.73 Å². The smallest absolute Gasteiger partial charge is 0.469 e. The Balaban J connectivity index is 1.64. The van der Waals surface area contributed by atoms with Gasteiger partial charge in [-0.2, -0.15) is 13.2 Å². The Morgan fingerprint density at radius 2 is 1.81 bits per heavy atom. The maximum Gasteiger partial charge on any atom is 0.469 e. The van der Waals surface area contributed by atoms with Crippen molar-refractivity contribution in [2.45, 2.75) is 25.1 Å². The molecule has 2 aromatic carbocycles. The molecule has 0 aliphatic rings. The van der Waals surface area contributed by atoms with Crippen molar-refractivity contribution in [1.82, 2.24) is 4.98 Å². The Morgan fingerprint density at radius 3 is 2.47 bits per heavy atom. The Morgan fingerprint density at radius 1 is 1.08 bits per heavy atom. The second-order valence-electron chi connectivity index (χ2n) is 8.12. The van der Waals surface area contributed by atoms with Gasteiger partial charge in [0, 0.05) is 6.20 Å². The molecular weight excluding hydrogens is 520 g/mol. The lowest BCUT2D eigenvalue weighted by Gasteiger charge is -2.21. The Labute approximate surface area is 210 Å². The summed E-state index contributed by atoms with van der Waals surface area (Å²) in [5, 5.41) is 0.243. The van der Waals surface area contributed by atoms with Crippen LogP contribution in [0.5, 0.6) is 5.75 Å². The van der Waals surface area contributed by atoms with Crippen LogP contribution in [0.2, 0.25) is 0 Å². The van der Waals surface area contributed by atoms with Gasteiger partial charge in [-0.3, -0.25) is 4.52 Å². The van der Waals surface area contributed by atoms with Crippen LogP contribution in [-0.4, -0.2) is 41.2 Å². The van der Waals surface area contributed by atoms with Gasteiger partial charge >= 0.3 is 14.0 Å². The van der Waals surface area contributed by atoms with Crippen LogP contribution in [0.15, 0.2) is 54.7 Å². The zero-order valence-corrected chi connectivity index (χ0v) is 21.0. The van der Waals surface area contributed by atoms with E-state index in [0.29, 0.717) is 17.9 Å². The molecule has 0 amide bonds. The molecular formula is C23H26F3N2O6PS. The summed E-state index contributed by atoms with van der Waals surface area (Å²) in [5.41, 5.74) is 5.09. The number of phosphoric ester groups is 1. The van der Waals surface area contributed by atoms with Crippen molar-refractivity contribution >= 4 is 19.2 Å². The summed E-state index contributed by atoms with van der Waals surface area (Å²) in [6.07, 6.45) is -2.63. The lowest BCUT2D eigenvalue weighted by atomic mass is 10.1. The summed E-state index contributed by atoms with van der Waals surface area (Å²) >= 11 is 0.997. The molecule has 0 aliphatic heterocycles. The fraction of sp³-hybridized carbons (Fsp3) is 0.348. The first kappa shape index (κ1) is 28.3. The van der Waals surface area contributed by atoms with Gasteiger partial charge in [0.15, 0.2) is 0 Å². The number of nitrogens with zero attached hydrogens (tertiary/aromatic N) is 1. The lowest BCUT2D eigenvalue weighted by Crippen LogP contribution is -2.37. The molecule has 0 unspecified atom stereocenters. The van der Waals surface area contributed by atoms with Gasteiger partial charge in [-0.1, -0.05) is 30.3 Å². The summed E-state index contributed by atoms with van der Waals surface area (Å²) in [5.74, 6) is -0.318. The number of phosphoric acid groups is 1. The van der Waals surface area contributed by atoms with E-state index in [1.165, 1.54) is 25.3 Å². The molecule has 13 heteroatoms. The van der Waals surface area contributed by atoms with Gasteiger partial charge < -0.3 is 25.0 Å². The van der Waals surface area contributed by atoms with Crippen molar-refractivity contribution in [1.29, 1.82) is 0 Å². The molecule has 196 valence electrons. The standard InChI is InChI=1S/C23H26F3N2O6PS/c1-22(27,15-34-35(29,30)31)21-28-14-20(36-21)17-7-8-19(18(13-17)23(24,25)26)33-12-11-32-10-9-16-5-3-2-4-6-16/h2-8,13-14H,9-12,15,27H2,1H3,(H2,29,30,31)/t22-/m0/s1. The quantitative estimate of drug-likeness (QED) is 0.220. The largest absolute Gasteiger partial charge is 0.491 e. The van der Waals surface area contributed by atoms with Crippen molar-refractivity contribution in [3.05, 3.63) is 70.9 Å². The van der Waals surface area contributed by atoms with E-state index in [2.05, 4.69) is 9.51 Å². The maximum absolute atomic E-state index is 13.7. The molecule has 1 aromatic heterocycles. The molecule has 4 N–H and O–H groups in total. The van der Waals surface area contributed by atoms with Crippen LogP contribution in [-0.2, 0) is 32.0 Å². The highest BCUT2D eigenvalue weighted by molar-refractivity contribution is 7.46. The van der Waals surface area contributed by atoms with Crippen LogP contribution in [0.1, 0.15) is 23.1 Å². The van der Waals surface area contributed by atoms with Gasteiger partial charge in [-0.25, -0.2) is 9.55 Å². The number of nitrogens with two attached hydrogens (primary N) is 1. The van der Waals surface area contributed by atoms with E-state index in [0.717, 1.165) is 23.0 Å². The van der Waals surface area contributed by atoms with E-state index < -0.39 is 31.7 Å². The first-order valence-corrected chi connectivity index (χ1v) is 13.1. The van der Waals surface area contributed by atoms with Crippen molar-refractivity contribution in [3.8, 4) is 16.2 Å². The van der Waals surface area contributed by atoms with E-state index in [1.54, 1.807) is 0 Å². The van der Waals surface area contributed by atoms with Crippen molar-refractivity contribution < 1.29 is 41.5 Å². The van der Waals surface area contributed by atoms with E-state index in [-0.39, 0.29) is 29.5 Å². The van der Waals surface area contributed by atoms with Gasteiger partial charge in [0.25, 0.3) is 0 Å². The third kappa shape index (κ3) is 8.38. The molecule has 1 heterocycles. The Kier molecular flexibility index (Phi) is 9.28. The summed E-state index contributed by atoms with van der Waals surface area (Å²) in [6, 6.07) is 13.4. The predicted octanol–water partition coefficient (Wildman–Crippen LogP) is 4.75. The highest BCUT2D eigenvalue weighted by atomic mass is 32.1. The third-order valence-corrected chi connectivity index (χ3v) is 6.75. The normalized spacial score (nSPS) is 14.0. The number of rotatable bonds is 12. The number of aromatic nitrogens is 1. The van der Waals surface area contributed by atoms with Gasteiger partial charge in [0.2, 0.25) is 0 Å². The number of alkyl halides is 3. The van der Waals surface area contributed by atoms with E-state index >= 15 is 0 Å². The second kappa shape index (κ2) is 11.8. The summed E-state index contributed by atoms with van der Waals surface area (Å²) in [7, 11) is -4.75. The van der Waals surface area contributed by atoms with Crippen LogP contribution in [0, 0.1) is 0 Å². The molecule has 36 heavy (non-hydrogen) atoms. The number of benzene rings is 2. The Bertz CT molecular complexity index is 1180. The molecule has 0 saturated heterocycles. The molecule has 0 spiro atoms. The average molecular weight is 547 g/mol. The number of halogens is 3. The lowest BCUT2D eigenvalue weighted by molar-refractivity contribution is -0.139. The molecule has 0 radical (unpaired) electrons. The Hall–Kier alpha value is -2.31. The third-order valence-electron chi connectivity index (χ3n) is 4.96. The molecule has 1 atom stereocenters.